The first-order valence-corrected chi connectivity index (χ1v) is 6.78. The molecule has 14 heavy (non-hydrogen) atoms. The summed E-state index contributed by atoms with van der Waals surface area (Å²) in [4.78, 5) is 4.28. The zero-order valence-corrected chi connectivity index (χ0v) is 13.2. The van der Waals surface area contributed by atoms with E-state index in [9.17, 15) is 0 Å². The topological polar surface area (TPSA) is 26.0 Å². The fraction of sp³-hybridized carbons (Fsp3) is 0.125. The summed E-state index contributed by atoms with van der Waals surface area (Å²) in [5.41, 5.74) is 1.55. The normalized spacial score (nSPS) is 11.2. The molecule has 0 aliphatic rings. The van der Waals surface area contributed by atoms with Gasteiger partial charge in [0.25, 0.3) is 0 Å². The van der Waals surface area contributed by atoms with E-state index < -0.39 is 0 Å². The van der Waals surface area contributed by atoms with Gasteiger partial charge in [-0.25, -0.2) is 4.98 Å². The Balaban J connectivity index is 3.01. The van der Waals surface area contributed by atoms with Crippen LogP contribution in [-0.2, 0) is 0 Å². The summed E-state index contributed by atoms with van der Waals surface area (Å²) in [6.07, 6.45) is 0. The van der Waals surface area contributed by atoms with Gasteiger partial charge >= 0.3 is 0 Å². The van der Waals surface area contributed by atoms with Crippen LogP contribution >= 0.6 is 63.7 Å². The van der Waals surface area contributed by atoms with Crippen LogP contribution in [0.4, 0.5) is 0 Å². The molecular formula is C8H3Br4NO. The second-order valence-electron chi connectivity index (χ2n) is 2.67. The molecule has 0 bridgehead atoms. The molecule has 1 aromatic carbocycles. The highest BCUT2D eigenvalue weighted by atomic mass is 79.9. The van der Waals surface area contributed by atoms with Crippen molar-refractivity contribution in [3.8, 4) is 0 Å². The number of hydrogen-bond donors (Lipinski definition) is 0. The lowest BCUT2D eigenvalue weighted by Crippen LogP contribution is -1.79. The number of nitrogens with zero attached hydrogens (tertiary/aromatic N) is 1. The van der Waals surface area contributed by atoms with Crippen molar-refractivity contribution in [3.63, 3.8) is 0 Å². The maximum absolute atomic E-state index is 5.48. The SMILES string of the molecule is Cc1nc2c(Br)c(Br)c(Br)c(Br)c2o1. The molecule has 0 unspecified atom stereocenters. The van der Waals surface area contributed by atoms with Gasteiger partial charge in [-0.3, -0.25) is 0 Å². The van der Waals surface area contributed by atoms with Gasteiger partial charge in [-0.1, -0.05) is 0 Å². The Hall–Kier alpha value is 0.610. The third-order valence-electron chi connectivity index (χ3n) is 1.72. The molecular weight excluding hydrogens is 446 g/mol. The van der Waals surface area contributed by atoms with E-state index in [1.807, 2.05) is 6.92 Å². The second kappa shape index (κ2) is 3.88. The number of aryl methyl sites for hydroxylation is 1. The van der Waals surface area contributed by atoms with Gasteiger partial charge in [-0.15, -0.1) is 0 Å². The minimum absolute atomic E-state index is 0.645. The lowest BCUT2D eigenvalue weighted by Gasteiger charge is -2.02. The predicted octanol–water partition coefficient (Wildman–Crippen LogP) is 5.19. The van der Waals surface area contributed by atoms with Crippen LogP contribution < -0.4 is 0 Å². The van der Waals surface area contributed by atoms with E-state index in [0.29, 0.717) is 5.89 Å². The van der Waals surface area contributed by atoms with Crippen LogP contribution in [-0.4, -0.2) is 4.98 Å². The maximum Gasteiger partial charge on any atom is 0.192 e. The first kappa shape index (κ1) is 11.1. The molecule has 2 nitrogen and oxygen atoms in total. The van der Waals surface area contributed by atoms with E-state index >= 15 is 0 Å². The minimum Gasteiger partial charge on any atom is -0.440 e. The van der Waals surface area contributed by atoms with Crippen LogP contribution in [0.15, 0.2) is 22.3 Å². The zero-order valence-electron chi connectivity index (χ0n) is 6.87. The molecule has 0 aliphatic carbocycles. The van der Waals surface area contributed by atoms with Crippen LogP contribution in [0.5, 0.6) is 0 Å². The molecule has 2 aromatic rings. The predicted molar refractivity (Wildman–Crippen MR) is 69.5 cm³/mol. The van der Waals surface area contributed by atoms with Gasteiger partial charge in [0.2, 0.25) is 0 Å². The molecule has 0 saturated carbocycles. The second-order valence-corrected chi connectivity index (χ2v) is 5.84. The summed E-state index contributed by atoms with van der Waals surface area (Å²) in [5, 5.41) is 0. The third-order valence-corrected chi connectivity index (χ3v) is 6.43. The summed E-state index contributed by atoms with van der Waals surface area (Å²) in [7, 11) is 0. The zero-order chi connectivity index (χ0) is 10.5. The number of rotatable bonds is 0. The Morgan fingerprint density at radius 3 is 2.14 bits per heavy atom. The molecule has 0 N–H and O–H groups in total. The lowest BCUT2D eigenvalue weighted by atomic mass is 10.3. The van der Waals surface area contributed by atoms with Crippen molar-refractivity contribution < 1.29 is 4.42 Å². The van der Waals surface area contributed by atoms with E-state index in [0.717, 1.165) is 29.0 Å². The fourth-order valence-corrected chi connectivity index (χ4v) is 3.35. The number of oxazole rings is 1. The smallest absolute Gasteiger partial charge is 0.192 e. The van der Waals surface area contributed by atoms with Crippen molar-refractivity contribution in [2.45, 2.75) is 6.92 Å². The quantitative estimate of drug-likeness (QED) is 0.410. The van der Waals surface area contributed by atoms with Crippen molar-refractivity contribution in [2.24, 2.45) is 0 Å². The van der Waals surface area contributed by atoms with Gasteiger partial charge in [0.15, 0.2) is 11.5 Å². The Morgan fingerprint density at radius 1 is 0.929 bits per heavy atom. The summed E-state index contributed by atoms with van der Waals surface area (Å²) in [6.45, 7) is 1.82. The Labute approximate surface area is 114 Å². The van der Waals surface area contributed by atoms with Crippen molar-refractivity contribution >= 4 is 74.8 Å². The molecule has 0 aliphatic heterocycles. The third kappa shape index (κ3) is 1.60. The largest absolute Gasteiger partial charge is 0.440 e. The monoisotopic (exact) mass is 445 g/mol. The molecule has 74 valence electrons. The average molecular weight is 449 g/mol. The summed E-state index contributed by atoms with van der Waals surface area (Å²) in [5.74, 6) is 0.645. The van der Waals surface area contributed by atoms with Crippen LogP contribution in [0.2, 0.25) is 0 Å². The van der Waals surface area contributed by atoms with Gasteiger partial charge in [0, 0.05) is 11.4 Å². The van der Waals surface area contributed by atoms with Crippen molar-refractivity contribution in [1.82, 2.24) is 4.98 Å². The molecule has 0 spiro atoms. The summed E-state index contributed by atoms with van der Waals surface area (Å²) >= 11 is 13.8. The van der Waals surface area contributed by atoms with Crippen LogP contribution in [0.3, 0.4) is 0 Å². The number of halogens is 4. The minimum atomic E-state index is 0.645. The van der Waals surface area contributed by atoms with E-state index in [-0.39, 0.29) is 0 Å². The molecule has 0 atom stereocenters. The van der Waals surface area contributed by atoms with Gasteiger partial charge < -0.3 is 4.42 Å². The molecule has 0 saturated heterocycles. The van der Waals surface area contributed by atoms with E-state index in [1.54, 1.807) is 0 Å². The van der Waals surface area contributed by atoms with Crippen LogP contribution in [0, 0.1) is 6.92 Å². The van der Waals surface area contributed by atoms with Crippen molar-refractivity contribution in [1.29, 1.82) is 0 Å². The molecule has 0 fully saturated rings. The van der Waals surface area contributed by atoms with Crippen LogP contribution in [0.1, 0.15) is 5.89 Å². The standard InChI is InChI=1S/C8H3Br4NO/c1-2-13-7-5(11)3(9)4(10)6(12)8(7)14-2/h1H3. The summed E-state index contributed by atoms with van der Waals surface area (Å²) < 4.78 is 9.06. The average Bonchev–Trinajstić information content (AvgIpc) is 2.54. The van der Waals surface area contributed by atoms with Gasteiger partial charge in [0.1, 0.15) is 5.52 Å². The van der Waals surface area contributed by atoms with Gasteiger partial charge in [0.05, 0.1) is 13.4 Å². The van der Waals surface area contributed by atoms with Crippen molar-refractivity contribution in [3.05, 3.63) is 23.8 Å². The summed E-state index contributed by atoms with van der Waals surface area (Å²) in [6, 6.07) is 0. The molecule has 6 heteroatoms. The fourth-order valence-electron chi connectivity index (χ4n) is 1.12. The first-order chi connectivity index (χ1) is 6.52. The Bertz CT molecular complexity index is 475. The van der Waals surface area contributed by atoms with E-state index in [4.69, 9.17) is 4.42 Å². The molecule has 2 rings (SSSR count). The number of fused-ring (bicyclic) bond motifs is 1. The maximum atomic E-state index is 5.48. The first-order valence-electron chi connectivity index (χ1n) is 3.61. The number of hydrogen-bond acceptors (Lipinski definition) is 2. The van der Waals surface area contributed by atoms with E-state index in [2.05, 4.69) is 68.7 Å². The molecule has 0 amide bonds. The molecule has 1 aromatic heterocycles. The highest BCUT2D eigenvalue weighted by Gasteiger charge is 2.17. The highest BCUT2D eigenvalue weighted by molar-refractivity contribution is 9.15. The highest BCUT2D eigenvalue weighted by Crippen LogP contribution is 2.43. The number of aromatic nitrogens is 1. The lowest BCUT2D eigenvalue weighted by molar-refractivity contribution is 0.559. The van der Waals surface area contributed by atoms with E-state index in [1.165, 1.54) is 0 Å². The van der Waals surface area contributed by atoms with Gasteiger partial charge in [-0.2, -0.15) is 0 Å². The molecule has 0 radical (unpaired) electrons. The molecule has 1 heterocycles. The number of benzene rings is 1. The Morgan fingerprint density at radius 2 is 1.50 bits per heavy atom. The Kier molecular flexibility index (Phi) is 3.08. The van der Waals surface area contributed by atoms with Crippen LogP contribution in [0.25, 0.3) is 11.1 Å². The van der Waals surface area contributed by atoms with Gasteiger partial charge in [-0.05, 0) is 63.7 Å². The van der Waals surface area contributed by atoms with Crippen molar-refractivity contribution in [2.75, 3.05) is 0 Å².